The second-order valence-electron chi connectivity index (χ2n) is 6.09. The van der Waals surface area contributed by atoms with Crippen molar-refractivity contribution in [3.8, 4) is 11.6 Å². The Labute approximate surface area is 160 Å². The quantitative estimate of drug-likeness (QED) is 0.540. The Hall–Kier alpha value is -3.11. The van der Waals surface area contributed by atoms with Crippen LogP contribution in [0, 0.1) is 0 Å². The molecule has 2 aromatic carbocycles. The van der Waals surface area contributed by atoms with Crippen molar-refractivity contribution in [3.05, 3.63) is 102 Å². The fourth-order valence-corrected chi connectivity index (χ4v) is 2.65. The SMILES string of the molecule is C=CCOc1ccccc1CNCc1ccnc(OCc2ccccc2)c1. The minimum atomic E-state index is 0.503. The van der Waals surface area contributed by atoms with Crippen LogP contribution in [0.5, 0.6) is 11.6 Å². The van der Waals surface area contributed by atoms with Gasteiger partial charge in [-0.25, -0.2) is 4.98 Å². The van der Waals surface area contributed by atoms with Crippen molar-refractivity contribution in [2.75, 3.05) is 6.61 Å². The molecule has 3 aromatic rings. The zero-order chi connectivity index (χ0) is 18.7. The molecule has 0 saturated heterocycles. The molecule has 0 atom stereocenters. The summed E-state index contributed by atoms with van der Waals surface area (Å²) in [5.74, 6) is 1.51. The summed E-state index contributed by atoms with van der Waals surface area (Å²) >= 11 is 0. The van der Waals surface area contributed by atoms with Gasteiger partial charge in [-0.3, -0.25) is 0 Å². The van der Waals surface area contributed by atoms with Crippen LogP contribution in [0.15, 0.2) is 85.6 Å². The van der Waals surface area contributed by atoms with Gasteiger partial charge in [-0.05, 0) is 23.3 Å². The molecular formula is C23H24N2O2. The van der Waals surface area contributed by atoms with E-state index in [4.69, 9.17) is 9.47 Å². The monoisotopic (exact) mass is 360 g/mol. The number of benzene rings is 2. The lowest BCUT2D eigenvalue weighted by molar-refractivity contribution is 0.293. The van der Waals surface area contributed by atoms with E-state index in [-0.39, 0.29) is 0 Å². The second-order valence-corrected chi connectivity index (χ2v) is 6.09. The maximum absolute atomic E-state index is 5.79. The second kappa shape index (κ2) is 10.1. The van der Waals surface area contributed by atoms with Gasteiger partial charge in [0.15, 0.2) is 0 Å². The normalized spacial score (nSPS) is 10.4. The lowest BCUT2D eigenvalue weighted by atomic mass is 10.2. The summed E-state index contributed by atoms with van der Waals surface area (Å²) in [5, 5.41) is 3.45. The number of para-hydroxylation sites is 1. The van der Waals surface area contributed by atoms with Gasteiger partial charge in [0.25, 0.3) is 0 Å². The van der Waals surface area contributed by atoms with Gasteiger partial charge < -0.3 is 14.8 Å². The summed E-state index contributed by atoms with van der Waals surface area (Å²) in [6.07, 6.45) is 3.52. The van der Waals surface area contributed by atoms with Crippen molar-refractivity contribution >= 4 is 0 Å². The van der Waals surface area contributed by atoms with Crippen LogP contribution in [0.1, 0.15) is 16.7 Å². The topological polar surface area (TPSA) is 43.4 Å². The molecule has 3 rings (SSSR count). The maximum atomic E-state index is 5.79. The Bertz CT molecular complexity index is 850. The predicted molar refractivity (Wildman–Crippen MR) is 108 cm³/mol. The third-order valence-electron chi connectivity index (χ3n) is 4.00. The molecule has 0 bridgehead atoms. The molecule has 0 aliphatic carbocycles. The average Bonchev–Trinajstić information content (AvgIpc) is 2.73. The number of aromatic nitrogens is 1. The highest BCUT2D eigenvalue weighted by Gasteiger charge is 2.03. The average molecular weight is 360 g/mol. The van der Waals surface area contributed by atoms with Crippen molar-refractivity contribution in [2.45, 2.75) is 19.7 Å². The number of hydrogen-bond donors (Lipinski definition) is 1. The lowest BCUT2D eigenvalue weighted by Gasteiger charge is -2.11. The first-order valence-electron chi connectivity index (χ1n) is 8.99. The van der Waals surface area contributed by atoms with Gasteiger partial charge in [0.2, 0.25) is 5.88 Å². The van der Waals surface area contributed by atoms with Gasteiger partial charge in [-0.2, -0.15) is 0 Å². The van der Waals surface area contributed by atoms with E-state index in [1.165, 1.54) is 0 Å². The zero-order valence-corrected chi connectivity index (χ0v) is 15.3. The molecule has 0 spiro atoms. The Morgan fingerprint density at radius 1 is 0.889 bits per heavy atom. The third-order valence-corrected chi connectivity index (χ3v) is 4.00. The first-order chi connectivity index (χ1) is 13.3. The first kappa shape index (κ1) is 18.7. The van der Waals surface area contributed by atoms with E-state index in [0.717, 1.165) is 35.5 Å². The molecule has 0 amide bonds. The van der Waals surface area contributed by atoms with Crippen LogP contribution >= 0.6 is 0 Å². The molecule has 0 unspecified atom stereocenters. The highest BCUT2D eigenvalue weighted by molar-refractivity contribution is 5.33. The number of nitrogens with zero attached hydrogens (tertiary/aromatic N) is 1. The Morgan fingerprint density at radius 2 is 1.70 bits per heavy atom. The predicted octanol–water partition coefficient (Wildman–Crippen LogP) is 4.52. The number of hydrogen-bond acceptors (Lipinski definition) is 4. The number of pyridine rings is 1. The molecular weight excluding hydrogens is 336 g/mol. The molecule has 4 nitrogen and oxygen atoms in total. The molecule has 1 aromatic heterocycles. The van der Waals surface area contributed by atoms with E-state index in [2.05, 4.69) is 22.9 Å². The smallest absolute Gasteiger partial charge is 0.213 e. The maximum Gasteiger partial charge on any atom is 0.213 e. The summed E-state index contributed by atoms with van der Waals surface area (Å²) in [7, 11) is 0. The molecule has 138 valence electrons. The largest absolute Gasteiger partial charge is 0.489 e. The van der Waals surface area contributed by atoms with Crippen molar-refractivity contribution in [1.29, 1.82) is 0 Å². The Balaban J connectivity index is 1.52. The Morgan fingerprint density at radius 3 is 2.56 bits per heavy atom. The molecule has 0 radical (unpaired) electrons. The van der Waals surface area contributed by atoms with E-state index in [0.29, 0.717) is 19.1 Å². The minimum absolute atomic E-state index is 0.503. The van der Waals surface area contributed by atoms with Crippen LogP contribution in [0.25, 0.3) is 0 Å². The summed E-state index contributed by atoms with van der Waals surface area (Å²) < 4.78 is 11.5. The lowest BCUT2D eigenvalue weighted by Crippen LogP contribution is -2.14. The fourth-order valence-electron chi connectivity index (χ4n) is 2.65. The minimum Gasteiger partial charge on any atom is -0.489 e. The summed E-state index contributed by atoms with van der Waals surface area (Å²) in [6, 6.07) is 22.1. The number of ether oxygens (including phenoxy) is 2. The van der Waals surface area contributed by atoms with E-state index in [1.54, 1.807) is 12.3 Å². The van der Waals surface area contributed by atoms with E-state index in [9.17, 15) is 0 Å². The first-order valence-corrected chi connectivity index (χ1v) is 8.99. The van der Waals surface area contributed by atoms with Crippen molar-refractivity contribution in [3.63, 3.8) is 0 Å². The van der Waals surface area contributed by atoms with Crippen LogP contribution in [-0.2, 0) is 19.7 Å². The van der Waals surface area contributed by atoms with Gasteiger partial charge >= 0.3 is 0 Å². The molecule has 0 aliphatic heterocycles. The summed E-state index contributed by atoms with van der Waals surface area (Å²) in [5.41, 5.74) is 3.37. The Kier molecular flexibility index (Phi) is 7.01. The standard InChI is InChI=1S/C23H24N2O2/c1-2-14-26-22-11-7-6-10-21(22)17-24-16-20-12-13-25-23(15-20)27-18-19-8-4-3-5-9-19/h2-13,15,24H,1,14,16-18H2. The highest BCUT2D eigenvalue weighted by Crippen LogP contribution is 2.18. The van der Waals surface area contributed by atoms with Gasteiger partial charge in [-0.1, -0.05) is 61.2 Å². The van der Waals surface area contributed by atoms with Crippen LogP contribution in [-0.4, -0.2) is 11.6 Å². The van der Waals surface area contributed by atoms with Gasteiger partial charge in [0, 0.05) is 30.9 Å². The van der Waals surface area contributed by atoms with Crippen molar-refractivity contribution in [1.82, 2.24) is 10.3 Å². The van der Waals surface area contributed by atoms with Crippen molar-refractivity contribution < 1.29 is 9.47 Å². The molecule has 0 fully saturated rings. The van der Waals surface area contributed by atoms with Crippen molar-refractivity contribution in [2.24, 2.45) is 0 Å². The highest BCUT2D eigenvalue weighted by atomic mass is 16.5. The molecule has 4 heteroatoms. The van der Waals surface area contributed by atoms with Gasteiger partial charge in [0.1, 0.15) is 19.0 Å². The van der Waals surface area contributed by atoms with E-state index >= 15 is 0 Å². The van der Waals surface area contributed by atoms with Gasteiger partial charge in [0.05, 0.1) is 0 Å². The molecule has 1 N–H and O–H groups in total. The molecule has 27 heavy (non-hydrogen) atoms. The van der Waals surface area contributed by atoms with Crippen LogP contribution < -0.4 is 14.8 Å². The molecule has 0 saturated carbocycles. The summed E-state index contributed by atoms with van der Waals surface area (Å²) in [6.45, 7) is 6.15. The summed E-state index contributed by atoms with van der Waals surface area (Å²) in [4.78, 5) is 4.29. The van der Waals surface area contributed by atoms with E-state index < -0.39 is 0 Å². The van der Waals surface area contributed by atoms with Crippen LogP contribution in [0.4, 0.5) is 0 Å². The van der Waals surface area contributed by atoms with Crippen LogP contribution in [0.2, 0.25) is 0 Å². The van der Waals surface area contributed by atoms with Crippen LogP contribution in [0.3, 0.4) is 0 Å². The third kappa shape index (κ3) is 5.97. The number of rotatable bonds is 10. The van der Waals surface area contributed by atoms with E-state index in [1.807, 2.05) is 60.7 Å². The molecule has 1 heterocycles. The fraction of sp³-hybridized carbons (Fsp3) is 0.174. The molecule has 0 aliphatic rings. The zero-order valence-electron chi connectivity index (χ0n) is 15.3. The number of nitrogens with one attached hydrogen (secondary N) is 1. The van der Waals surface area contributed by atoms with Gasteiger partial charge in [-0.15, -0.1) is 0 Å².